The van der Waals surface area contributed by atoms with Gasteiger partial charge >= 0.3 is 6.03 Å². The Morgan fingerprint density at radius 3 is 2.47 bits per heavy atom. The van der Waals surface area contributed by atoms with Gasteiger partial charge in [0.15, 0.2) is 0 Å². The lowest BCUT2D eigenvalue weighted by atomic mass is 10.0. The standard InChI is InChI=1S/C33H47FN4O5/c1-22-18-38(23(2)21-39)32(40)29-17-28(36-33(41)35-27-12-10-26(34)11-13-27)14-15-30(29)43-24(3)7-5-6-16-42-31(22)20-37(4)19-25-8-9-25/h10-15,17,22-25,31,39H,5-9,16,18-21H2,1-4H3,(H2,35,36,41)/t22-,23+,24-,31-/m0/s1. The van der Waals surface area contributed by atoms with Gasteiger partial charge in [0.25, 0.3) is 5.91 Å². The van der Waals surface area contributed by atoms with Crippen molar-refractivity contribution in [1.82, 2.24) is 9.80 Å². The monoisotopic (exact) mass is 598 g/mol. The first-order valence-electron chi connectivity index (χ1n) is 15.5. The van der Waals surface area contributed by atoms with Crippen molar-refractivity contribution in [2.45, 2.75) is 71.1 Å². The van der Waals surface area contributed by atoms with Crippen molar-refractivity contribution in [3.05, 3.63) is 53.8 Å². The molecule has 0 spiro atoms. The van der Waals surface area contributed by atoms with Crippen molar-refractivity contribution in [3.8, 4) is 5.75 Å². The van der Waals surface area contributed by atoms with Crippen molar-refractivity contribution in [2.75, 3.05) is 50.5 Å². The predicted molar refractivity (Wildman–Crippen MR) is 166 cm³/mol. The van der Waals surface area contributed by atoms with E-state index in [0.717, 1.165) is 38.3 Å². The molecule has 0 aromatic heterocycles. The first-order chi connectivity index (χ1) is 20.6. The Morgan fingerprint density at radius 2 is 1.77 bits per heavy atom. The van der Waals surface area contributed by atoms with E-state index < -0.39 is 17.9 Å². The zero-order valence-corrected chi connectivity index (χ0v) is 25.9. The van der Waals surface area contributed by atoms with Gasteiger partial charge in [0.1, 0.15) is 11.6 Å². The van der Waals surface area contributed by atoms with Crippen LogP contribution in [-0.4, -0.2) is 85.0 Å². The molecular formula is C33H47FN4O5. The molecule has 3 amide bonds. The van der Waals surface area contributed by atoms with Gasteiger partial charge in [-0.25, -0.2) is 9.18 Å². The van der Waals surface area contributed by atoms with Crippen LogP contribution in [0.4, 0.5) is 20.6 Å². The first-order valence-corrected chi connectivity index (χ1v) is 15.5. The SMILES string of the molecule is C[C@H](CO)N1C[C@H](C)[C@H](CN(C)CC2CC2)OCCCC[C@H](C)Oc2ccc(NC(=O)Nc3ccc(F)cc3)cc2C1=O. The number of hydrogen-bond acceptors (Lipinski definition) is 6. The molecule has 0 bridgehead atoms. The van der Waals surface area contributed by atoms with Gasteiger partial charge in [-0.3, -0.25) is 4.79 Å². The van der Waals surface area contributed by atoms with E-state index in [4.69, 9.17) is 9.47 Å². The molecule has 236 valence electrons. The molecule has 1 aliphatic heterocycles. The van der Waals surface area contributed by atoms with Crippen LogP contribution in [0, 0.1) is 17.7 Å². The number of carbonyl (C=O) groups is 2. The number of urea groups is 1. The predicted octanol–water partition coefficient (Wildman–Crippen LogP) is 5.61. The number of halogens is 1. The number of fused-ring (bicyclic) bond motifs is 1. The number of nitrogens with one attached hydrogen (secondary N) is 2. The van der Waals surface area contributed by atoms with Crippen LogP contribution < -0.4 is 15.4 Å². The molecule has 2 aromatic carbocycles. The Morgan fingerprint density at radius 1 is 1.07 bits per heavy atom. The number of hydrogen-bond donors (Lipinski definition) is 3. The molecule has 2 aliphatic rings. The fourth-order valence-corrected chi connectivity index (χ4v) is 5.41. The van der Waals surface area contributed by atoms with Gasteiger partial charge in [-0.1, -0.05) is 6.92 Å². The molecule has 4 rings (SSSR count). The van der Waals surface area contributed by atoms with Gasteiger partial charge in [-0.15, -0.1) is 0 Å². The average Bonchev–Trinajstić information content (AvgIpc) is 3.79. The number of carbonyl (C=O) groups excluding carboxylic acids is 2. The van der Waals surface area contributed by atoms with E-state index in [0.29, 0.717) is 35.8 Å². The minimum Gasteiger partial charge on any atom is -0.490 e. The lowest BCUT2D eigenvalue weighted by Crippen LogP contribution is -2.47. The number of benzene rings is 2. The van der Waals surface area contributed by atoms with Gasteiger partial charge in [-0.05, 0) is 101 Å². The summed E-state index contributed by atoms with van der Waals surface area (Å²) in [6, 6.07) is 9.48. The van der Waals surface area contributed by atoms with Gasteiger partial charge in [0, 0.05) is 43.5 Å². The second-order valence-electron chi connectivity index (χ2n) is 12.3. The van der Waals surface area contributed by atoms with Gasteiger partial charge in [0.2, 0.25) is 0 Å². The van der Waals surface area contributed by atoms with E-state index in [1.54, 1.807) is 23.1 Å². The second-order valence-corrected chi connectivity index (χ2v) is 12.3. The average molecular weight is 599 g/mol. The highest BCUT2D eigenvalue weighted by Crippen LogP contribution is 2.31. The largest absolute Gasteiger partial charge is 0.490 e. The molecule has 2 aromatic rings. The summed E-state index contributed by atoms with van der Waals surface area (Å²) in [5.74, 6) is 0.515. The zero-order chi connectivity index (χ0) is 30.9. The number of nitrogens with zero attached hydrogens (tertiary/aromatic N) is 2. The Hall–Kier alpha value is -3.21. The summed E-state index contributed by atoms with van der Waals surface area (Å²) in [6.07, 6.45) is 5.01. The Kier molecular flexibility index (Phi) is 11.8. The first kappa shape index (κ1) is 32.7. The van der Waals surface area contributed by atoms with Crippen LogP contribution in [0.2, 0.25) is 0 Å². The summed E-state index contributed by atoms with van der Waals surface area (Å²) in [7, 11) is 2.13. The van der Waals surface area contributed by atoms with Crippen LogP contribution in [0.15, 0.2) is 42.5 Å². The molecule has 1 saturated carbocycles. The summed E-state index contributed by atoms with van der Waals surface area (Å²) in [5, 5.41) is 15.6. The highest BCUT2D eigenvalue weighted by atomic mass is 19.1. The lowest BCUT2D eigenvalue weighted by molar-refractivity contribution is -0.0172. The normalized spacial score (nSPS) is 22.7. The van der Waals surface area contributed by atoms with Crippen LogP contribution in [0.3, 0.4) is 0 Å². The van der Waals surface area contributed by atoms with Gasteiger partial charge in [0.05, 0.1) is 30.4 Å². The van der Waals surface area contributed by atoms with Crippen molar-refractivity contribution in [2.24, 2.45) is 11.8 Å². The highest BCUT2D eigenvalue weighted by Gasteiger charge is 2.31. The Bertz CT molecular complexity index is 1210. The number of anilines is 2. The molecule has 43 heavy (non-hydrogen) atoms. The van der Waals surface area contributed by atoms with Crippen molar-refractivity contribution in [1.29, 1.82) is 0 Å². The Balaban J connectivity index is 1.58. The fourth-order valence-electron chi connectivity index (χ4n) is 5.41. The molecule has 0 unspecified atom stereocenters. The van der Waals surface area contributed by atoms with Crippen molar-refractivity contribution >= 4 is 23.3 Å². The quantitative estimate of drug-likeness (QED) is 0.365. The molecule has 4 atom stereocenters. The summed E-state index contributed by atoms with van der Waals surface area (Å²) < 4.78 is 26.0. The summed E-state index contributed by atoms with van der Waals surface area (Å²) >= 11 is 0. The highest BCUT2D eigenvalue weighted by molar-refractivity contribution is 6.02. The van der Waals surface area contributed by atoms with Crippen LogP contribution in [-0.2, 0) is 4.74 Å². The topological polar surface area (TPSA) is 103 Å². The minimum atomic E-state index is -0.529. The maximum Gasteiger partial charge on any atom is 0.323 e. The number of aliphatic hydroxyl groups is 1. The van der Waals surface area contributed by atoms with E-state index >= 15 is 0 Å². The maximum atomic E-state index is 14.2. The molecule has 0 saturated heterocycles. The van der Waals surface area contributed by atoms with Crippen molar-refractivity contribution in [3.63, 3.8) is 0 Å². The van der Waals surface area contributed by atoms with E-state index in [1.807, 2.05) is 13.8 Å². The zero-order valence-electron chi connectivity index (χ0n) is 25.9. The molecule has 1 aliphatic carbocycles. The second kappa shape index (κ2) is 15.5. The van der Waals surface area contributed by atoms with Crippen LogP contribution >= 0.6 is 0 Å². The lowest BCUT2D eigenvalue weighted by Gasteiger charge is -2.36. The molecular weight excluding hydrogens is 551 g/mol. The third-order valence-corrected chi connectivity index (χ3v) is 8.17. The molecule has 3 N–H and O–H groups in total. The molecule has 10 heteroatoms. The maximum absolute atomic E-state index is 14.2. The van der Waals surface area contributed by atoms with Gasteiger partial charge in [-0.2, -0.15) is 0 Å². The van der Waals surface area contributed by atoms with Crippen LogP contribution in [0.1, 0.15) is 63.2 Å². The molecule has 9 nitrogen and oxygen atoms in total. The van der Waals surface area contributed by atoms with Crippen LogP contribution in [0.5, 0.6) is 5.75 Å². The van der Waals surface area contributed by atoms with E-state index in [1.165, 1.54) is 37.1 Å². The molecule has 1 fully saturated rings. The summed E-state index contributed by atoms with van der Waals surface area (Å²) in [4.78, 5) is 31.0. The van der Waals surface area contributed by atoms with Gasteiger partial charge < -0.3 is 35.0 Å². The molecule has 1 heterocycles. The van der Waals surface area contributed by atoms with Crippen LogP contribution in [0.25, 0.3) is 0 Å². The Labute approximate surface area is 254 Å². The van der Waals surface area contributed by atoms with E-state index in [9.17, 15) is 19.1 Å². The summed E-state index contributed by atoms with van der Waals surface area (Å²) in [6.45, 7) is 8.57. The van der Waals surface area contributed by atoms with E-state index in [2.05, 4.69) is 29.5 Å². The smallest absolute Gasteiger partial charge is 0.323 e. The molecule has 0 radical (unpaired) electrons. The third-order valence-electron chi connectivity index (χ3n) is 8.17. The summed E-state index contributed by atoms with van der Waals surface area (Å²) in [5.41, 5.74) is 1.14. The number of likely N-dealkylation sites (N-methyl/N-ethyl adjacent to an activating group) is 1. The number of amides is 3. The third kappa shape index (κ3) is 9.91. The van der Waals surface area contributed by atoms with E-state index in [-0.39, 0.29) is 30.6 Å². The number of aliphatic hydroxyl groups excluding tert-OH is 1. The minimum absolute atomic E-state index is 0.00799. The number of rotatable bonds is 8. The van der Waals surface area contributed by atoms with Crippen molar-refractivity contribution < 1.29 is 28.6 Å². The number of ether oxygens (including phenoxy) is 2. The fraction of sp³-hybridized carbons (Fsp3) is 0.576.